The molecule has 3 aromatic rings. The molecule has 0 N–H and O–H groups in total. The fourth-order valence-electron chi connectivity index (χ4n) is 5.16. The quantitative estimate of drug-likeness (QED) is 0.593. The Balaban J connectivity index is 1.29. The summed E-state index contributed by atoms with van der Waals surface area (Å²) in [6, 6.07) is 10.2. The van der Waals surface area contributed by atoms with E-state index in [1.807, 2.05) is 34.2 Å². The number of aryl methyl sites for hydroxylation is 2. The number of aromatic nitrogens is 2. The van der Waals surface area contributed by atoms with Gasteiger partial charge in [0.25, 0.3) is 11.8 Å². The van der Waals surface area contributed by atoms with Crippen LogP contribution in [0.4, 0.5) is 0 Å². The number of hydrogen-bond acceptors (Lipinski definition) is 3. The molecule has 2 saturated heterocycles. The lowest BCUT2D eigenvalue weighted by atomic mass is 9.89. The third kappa shape index (κ3) is 4.26. The number of rotatable bonds is 3. The van der Waals surface area contributed by atoms with Crippen LogP contribution >= 0.6 is 0 Å². The zero-order valence-corrected chi connectivity index (χ0v) is 19.6. The smallest absolute Gasteiger partial charge is 0.257 e. The zero-order valence-electron chi connectivity index (χ0n) is 19.6. The van der Waals surface area contributed by atoms with Gasteiger partial charge in [0, 0.05) is 37.9 Å². The van der Waals surface area contributed by atoms with Crippen LogP contribution in [0.25, 0.3) is 5.52 Å². The minimum atomic E-state index is 0.0932. The van der Waals surface area contributed by atoms with Crippen molar-refractivity contribution in [3.8, 4) is 0 Å². The number of nitrogens with zero attached hydrogens (tertiary/aromatic N) is 4. The fourth-order valence-corrected chi connectivity index (χ4v) is 5.16. The van der Waals surface area contributed by atoms with Crippen LogP contribution in [-0.2, 0) is 0 Å². The molecule has 2 aliphatic heterocycles. The fraction of sp³-hybridized carbons (Fsp3) is 0.444. The highest BCUT2D eigenvalue weighted by Gasteiger charge is 2.26. The van der Waals surface area contributed by atoms with Crippen LogP contribution in [0.15, 0.2) is 42.7 Å². The summed E-state index contributed by atoms with van der Waals surface area (Å²) in [6.07, 6.45) is 8.89. The van der Waals surface area contributed by atoms with Gasteiger partial charge in [-0.1, -0.05) is 6.07 Å². The predicted molar refractivity (Wildman–Crippen MR) is 129 cm³/mol. The van der Waals surface area contributed by atoms with Crippen molar-refractivity contribution in [3.63, 3.8) is 0 Å². The van der Waals surface area contributed by atoms with Gasteiger partial charge < -0.3 is 9.80 Å². The van der Waals surface area contributed by atoms with Gasteiger partial charge in [0.15, 0.2) is 0 Å². The lowest BCUT2D eigenvalue weighted by Crippen LogP contribution is -2.38. The number of likely N-dealkylation sites (tertiary alicyclic amines) is 2. The topological polar surface area (TPSA) is 57.9 Å². The van der Waals surface area contributed by atoms with Crippen molar-refractivity contribution in [1.82, 2.24) is 19.4 Å². The molecule has 0 aliphatic carbocycles. The maximum Gasteiger partial charge on any atom is 0.257 e. The molecule has 0 bridgehead atoms. The molecule has 33 heavy (non-hydrogen) atoms. The molecule has 0 saturated carbocycles. The van der Waals surface area contributed by atoms with Gasteiger partial charge in [-0.3, -0.25) is 9.59 Å². The molecule has 0 spiro atoms. The van der Waals surface area contributed by atoms with Crippen LogP contribution < -0.4 is 0 Å². The Bertz CT molecular complexity index is 1180. The lowest BCUT2D eigenvalue weighted by molar-refractivity contribution is 0.0709. The Hall–Kier alpha value is -3.15. The number of carbonyl (C=O) groups excluding carboxylic acids is 2. The second kappa shape index (κ2) is 9.00. The Kier molecular flexibility index (Phi) is 5.92. The molecule has 0 atom stereocenters. The second-order valence-corrected chi connectivity index (χ2v) is 9.57. The number of benzene rings is 1. The SMILES string of the molecule is Cc1ccc(C(=O)N2CCC(c3ccn4ncc(C(=O)N5CCCCC5)c4c3)CC2)cc1C. The number of pyridine rings is 1. The normalized spacial score (nSPS) is 17.5. The van der Waals surface area contributed by atoms with Crippen LogP contribution in [0.3, 0.4) is 0 Å². The van der Waals surface area contributed by atoms with E-state index in [1.165, 1.54) is 17.5 Å². The van der Waals surface area contributed by atoms with Crippen molar-refractivity contribution in [2.75, 3.05) is 26.2 Å². The highest BCUT2D eigenvalue weighted by Crippen LogP contribution is 2.30. The van der Waals surface area contributed by atoms with Gasteiger partial charge in [-0.05, 0) is 92.8 Å². The van der Waals surface area contributed by atoms with Gasteiger partial charge in [-0.15, -0.1) is 0 Å². The first-order chi connectivity index (χ1) is 16.0. The number of hydrogen-bond donors (Lipinski definition) is 0. The largest absolute Gasteiger partial charge is 0.339 e. The lowest BCUT2D eigenvalue weighted by Gasteiger charge is -2.32. The van der Waals surface area contributed by atoms with Gasteiger partial charge >= 0.3 is 0 Å². The van der Waals surface area contributed by atoms with E-state index in [0.717, 1.165) is 68.5 Å². The van der Waals surface area contributed by atoms with E-state index < -0.39 is 0 Å². The third-order valence-electron chi connectivity index (χ3n) is 7.43. The third-order valence-corrected chi connectivity index (χ3v) is 7.43. The van der Waals surface area contributed by atoms with E-state index in [4.69, 9.17) is 0 Å². The van der Waals surface area contributed by atoms with Crippen molar-refractivity contribution in [3.05, 3.63) is 70.5 Å². The second-order valence-electron chi connectivity index (χ2n) is 9.57. The summed E-state index contributed by atoms with van der Waals surface area (Å²) in [6.45, 7) is 7.29. The maximum absolute atomic E-state index is 13.1. The molecule has 5 rings (SSSR count). The Morgan fingerprint density at radius 2 is 1.58 bits per heavy atom. The predicted octanol–water partition coefficient (Wildman–Crippen LogP) is 4.60. The maximum atomic E-state index is 13.1. The molecule has 0 unspecified atom stereocenters. The standard InChI is InChI=1S/C27H32N4O2/c1-19-6-7-23(16-20(19)2)26(32)30-13-8-21(9-14-30)22-10-15-31-25(17-22)24(18-28-31)27(33)29-11-4-3-5-12-29/h6-7,10,15-18,21H,3-5,8-9,11-14H2,1-2H3. The van der Waals surface area contributed by atoms with Gasteiger partial charge in [0.1, 0.15) is 0 Å². The summed E-state index contributed by atoms with van der Waals surface area (Å²) in [4.78, 5) is 30.0. The van der Waals surface area contributed by atoms with Crippen molar-refractivity contribution in [2.45, 2.75) is 51.9 Å². The first-order valence-electron chi connectivity index (χ1n) is 12.1. The summed E-state index contributed by atoms with van der Waals surface area (Å²) >= 11 is 0. The van der Waals surface area contributed by atoms with Crippen molar-refractivity contribution >= 4 is 17.3 Å². The highest BCUT2D eigenvalue weighted by atomic mass is 16.2. The highest BCUT2D eigenvalue weighted by molar-refractivity contribution is 6.00. The minimum absolute atomic E-state index is 0.0932. The first-order valence-corrected chi connectivity index (χ1v) is 12.1. The summed E-state index contributed by atoms with van der Waals surface area (Å²) in [5, 5.41) is 4.42. The van der Waals surface area contributed by atoms with Crippen molar-refractivity contribution < 1.29 is 9.59 Å². The molecule has 2 aliphatic rings. The molecule has 2 fully saturated rings. The summed E-state index contributed by atoms with van der Waals surface area (Å²) in [5.74, 6) is 0.597. The van der Waals surface area contributed by atoms with Crippen molar-refractivity contribution in [2.24, 2.45) is 0 Å². The number of fused-ring (bicyclic) bond motifs is 1. The Morgan fingerprint density at radius 1 is 0.848 bits per heavy atom. The van der Waals surface area contributed by atoms with E-state index in [9.17, 15) is 9.59 Å². The van der Waals surface area contributed by atoms with Crippen LogP contribution in [-0.4, -0.2) is 57.4 Å². The Labute approximate surface area is 195 Å². The van der Waals surface area contributed by atoms with Crippen LogP contribution in [0.2, 0.25) is 0 Å². The van der Waals surface area contributed by atoms with E-state index in [0.29, 0.717) is 11.5 Å². The molecule has 6 nitrogen and oxygen atoms in total. The summed E-state index contributed by atoms with van der Waals surface area (Å²) in [5.41, 5.74) is 5.95. The van der Waals surface area contributed by atoms with Gasteiger partial charge in [0.2, 0.25) is 0 Å². The average molecular weight is 445 g/mol. The molecule has 2 aromatic heterocycles. The van der Waals surface area contributed by atoms with Crippen LogP contribution in [0.5, 0.6) is 0 Å². The minimum Gasteiger partial charge on any atom is -0.339 e. The van der Waals surface area contributed by atoms with Crippen LogP contribution in [0, 0.1) is 13.8 Å². The number of piperidine rings is 2. The van der Waals surface area contributed by atoms with Gasteiger partial charge in [-0.25, -0.2) is 4.52 Å². The average Bonchev–Trinajstić information content (AvgIpc) is 3.29. The number of carbonyl (C=O) groups is 2. The zero-order chi connectivity index (χ0) is 22.9. The molecule has 2 amide bonds. The summed E-state index contributed by atoms with van der Waals surface area (Å²) < 4.78 is 1.80. The van der Waals surface area contributed by atoms with Gasteiger partial charge in [-0.2, -0.15) is 5.10 Å². The van der Waals surface area contributed by atoms with Crippen molar-refractivity contribution in [1.29, 1.82) is 0 Å². The molecule has 172 valence electrons. The van der Waals surface area contributed by atoms with E-state index in [2.05, 4.69) is 31.1 Å². The van der Waals surface area contributed by atoms with E-state index >= 15 is 0 Å². The Morgan fingerprint density at radius 3 is 2.30 bits per heavy atom. The number of amides is 2. The van der Waals surface area contributed by atoms with Crippen LogP contribution in [0.1, 0.15) is 75.4 Å². The monoisotopic (exact) mass is 444 g/mol. The molecule has 0 radical (unpaired) electrons. The molecular formula is C27H32N4O2. The molecule has 6 heteroatoms. The molecule has 1 aromatic carbocycles. The summed E-state index contributed by atoms with van der Waals surface area (Å²) in [7, 11) is 0. The first kappa shape index (κ1) is 21.7. The van der Waals surface area contributed by atoms with E-state index in [-0.39, 0.29) is 11.8 Å². The van der Waals surface area contributed by atoms with Gasteiger partial charge in [0.05, 0.1) is 17.3 Å². The molecule has 4 heterocycles. The molecular weight excluding hydrogens is 412 g/mol. The van der Waals surface area contributed by atoms with E-state index in [1.54, 1.807) is 10.7 Å².